The van der Waals surface area contributed by atoms with E-state index in [4.69, 9.17) is 0 Å². The van der Waals surface area contributed by atoms with Crippen LogP contribution in [0.2, 0.25) is 0 Å². The van der Waals surface area contributed by atoms with Crippen LogP contribution in [0.4, 0.5) is 0 Å². The predicted molar refractivity (Wildman–Crippen MR) is 73.8 cm³/mol. The summed E-state index contributed by atoms with van der Waals surface area (Å²) >= 11 is 1.78. The molecule has 1 aliphatic carbocycles. The van der Waals surface area contributed by atoms with Crippen molar-refractivity contribution >= 4 is 17.2 Å². The molecule has 2 nitrogen and oxygen atoms in total. The van der Waals surface area contributed by atoms with Gasteiger partial charge in [-0.3, -0.25) is 4.79 Å². The molecule has 1 saturated carbocycles. The minimum atomic E-state index is 0.130. The van der Waals surface area contributed by atoms with Gasteiger partial charge >= 0.3 is 0 Å². The summed E-state index contributed by atoms with van der Waals surface area (Å²) in [6.45, 7) is 0. The van der Waals surface area contributed by atoms with Crippen molar-refractivity contribution in [1.82, 2.24) is 5.32 Å². The second kappa shape index (κ2) is 4.94. The quantitative estimate of drug-likeness (QED) is 0.896. The van der Waals surface area contributed by atoms with Gasteiger partial charge in [-0.25, -0.2) is 0 Å². The van der Waals surface area contributed by atoms with E-state index in [9.17, 15) is 4.79 Å². The number of rotatable bonds is 4. The highest BCUT2D eigenvalue weighted by atomic mass is 32.1. The van der Waals surface area contributed by atoms with Crippen molar-refractivity contribution in [3.05, 3.63) is 58.3 Å². The van der Waals surface area contributed by atoms with Crippen molar-refractivity contribution in [2.75, 3.05) is 0 Å². The fourth-order valence-corrected chi connectivity index (χ4v) is 3.12. The topological polar surface area (TPSA) is 29.1 Å². The minimum absolute atomic E-state index is 0.130. The second-order valence-corrected chi connectivity index (χ2v) is 5.67. The van der Waals surface area contributed by atoms with E-state index in [1.54, 1.807) is 11.3 Å². The summed E-state index contributed by atoms with van der Waals surface area (Å²) in [6.07, 6.45) is 1.57. The van der Waals surface area contributed by atoms with Gasteiger partial charge in [0.15, 0.2) is 0 Å². The zero-order chi connectivity index (χ0) is 12.4. The van der Waals surface area contributed by atoms with Crippen LogP contribution in [0.5, 0.6) is 0 Å². The summed E-state index contributed by atoms with van der Waals surface area (Å²) in [5.74, 6) is 0.676. The van der Waals surface area contributed by atoms with Crippen molar-refractivity contribution in [3.8, 4) is 0 Å². The highest BCUT2D eigenvalue weighted by molar-refractivity contribution is 7.10. The van der Waals surface area contributed by atoms with Gasteiger partial charge in [-0.1, -0.05) is 36.4 Å². The van der Waals surface area contributed by atoms with Crippen molar-refractivity contribution in [1.29, 1.82) is 0 Å². The molecule has 1 aromatic heterocycles. The smallest absolute Gasteiger partial charge is 0.224 e. The monoisotopic (exact) mass is 257 g/mol. The van der Waals surface area contributed by atoms with E-state index in [1.807, 2.05) is 30.3 Å². The van der Waals surface area contributed by atoms with Crippen LogP contribution in [-0.2, 0) is 11.2 Å². The molecule has 1 amide bonds. The highest BCUT2D eigenvalue weighted by Crippen LogP contribution is 2.42. The number of thiophene rings is 1. The van der Waals surface area contributed by atoms with Gasteiger partial charge in [0.1, 0.15) is 0 Å². The molecule has 0 saturated heterocycles. The molecule has 1 aromatic carbocycles. The number of hydrogen-bond donors (Lipinski definition) is 1. The van der Waals surface area contributed by atoms with Crippen LogP contribution < -0.4 is 5.32 Å². The zero-order valence-corrected chi connectivity index (χ0v) is 10.8. The SMILES string of the molecule is O=C(Cc1ccccc1)NC1CC1c1cccs1. The Morgan fingerprint density at radius 3 is 2.78 bits per heavy atom. The largest absolute Gasteiger partial charge is 0.352 e. The molecule has 3 heteroatoms. The van der Waals surface area contributed by atoms with Crippen LogP contribution >= 0.6 is 11.3 Å². The standard InChI is InChI=1S/C15H15NOS/c17-15(9-11-5-2-1-3-6-11)16-13-10-12(13)14-7-4-8-18-14/h1-8,12-13H,9-10H2,(H,16,17). The summed E-state index contributed by atoms with van der Waals surface area (Å²) in [5, 5.41) is 5.20. The Bertz CT molecular complexity index is 521. The van der Waals surface area contributed by atoms with E-state index < -0.39 is 0 Å². The molecule has 0 radical (unpaired) electrons. The van der Waals surface area contributed by atoms with Crippen LogP contribution in [0.1, 0.15) is 22.8 Å². The highest BCUT2D eigenvalue weighted by Gasteiger charge is 2.39. The van der Waals surface area contributed by atoms with E-state index in [0.29, 0.717) is 18.4 Å². The van der Waals surface area contributed by atoms with Crippen LogP contribution in [0, 0.1) is 0 Å². The van der Waals surface area contributed by atoms with E-state index in [1.165, 1.54) is 4.88 Å². The third-order valence-electron chi connectivity index (χ3n) is 3.25. The zero-order valence-electron chi connectivity index (χ0n) is 10.0. The Labute approximate surface area is 111 Å². The summed E-state index contributed by atoms with van der Waals surface area (Å²) < 4.78 is 0. The minimum Gasteiger partial charge on any atom is -0.352 e. The van der Waals surface area contributed by atoms with E-state index in [2.05, 4.69) is 22.8 Å². The molecule has 0 spiro atoms. The maximum atomic E-state index is 11.9. The normalized spacial score (nSPS) is 21.6. The predicted octanol–water partition coefficient (Wildman–Crippen LogP) is 2.96. The molecular weight excluding hydrogens is 242 g/mol. The average Bonchev–Trinajstić information content (AvgIpc) is 2.92. The summed E-state index contributed by atoms with van der Waals surface area (Å²) in [6, 6.07) is 14.4. The average molecular weight is 257 g/mol. The van der Waals surface area contributed by atoms with Gasteiger partial charge in [-0.15, -0.1) is 11.3 Å². The molecule has 3 rings (SSSR count). The van der Waals surface area contributed by atoms with Crippen LogP contribution in [-0.4, -0.2) is 11.9 Å². The number of nitrogens with one attached hydrogen (secondary N) is 1. The Morgan fingerprint density at radius 2 is 2.06 bits per heavy atom. The molecule has 1 fully saturated rings. The van der Waals surface area contributed by atoms with Crippen molar-refractivity contribution < 1.29 is 4.79 Å². The first kappa shape index (κ1) is 11.5. The first-order valence-electron chi connectivity index (χ1n) is 6.19. The molecule has 2 unspecified atom stereocenters. The van der Waals surface area contributed by atoms with Gasteiger partial charge in [-0.05, 0) is 23.4 Å². The van der Waals surface area contributed by atoms with E-state index in [-0.39, 0.29) is 5.91 Å². The molecule has 2 aromatic rings. The van der Waals surface area contributed by atoms with Gasteiger partial charge in [0.05, 0.1) is 6.42 Å². The number of benzene rings is 1. The van der Waals surface area contributed by atoms with Crippen molar-refractivity contribution in [2.45, 2.75) is 24.8 Å². The number of carbonyl (C=O) groups is 1. The number of amides is 1. The fraction of sp³-hybridized carbons (Fsp3) is 0.267. The first-order valence-corrected chi connectivity index (χ1v) is 7.07. The van der Waals surface area contributed by atoms with Gasteiger partial charge in [0, 0.05) is 16.8 Å². The molecule has 92 valence electrons. The molecule has 0 aliphatic heterocycles. The van der Waals surface area contributed by atoms with Gasteiger partial charge in [0.25, 0.3) is 0 Å². The van der Waals surface area contributed by atoms with E-state index >= 15 is 0 Å². The third-order valence-corrected chi connectivity index (χ3v) is 4.26. The van der Waals surface area contributed by atoms with Crippen LogP contribution in [0.15, 0.2) is 47.8 Å². The summed E-state index contributed by atoms with van der Waals surface area (Å²) in [4.78, 5) is 13.3. The Morgan fingerprint density at radius 1 is 1.22 bits per heavy atom. The van der Waals surface area contributed by atoms with Crippen LogP contribution in [0.3, 0.4) is 0 Å². The molecule has 1 heterocycles. The summed E-state index contributed by atoms with van der Waals surface area (Å²) in [5.41, 5.74) is 1.07. The number of carbonyl (C=O) groups excluding carboxylic acids is 1. The Hall–Kier alpha value is -1.61. The lowest BCUT2D eigenvalue weighted by molar-refractivity contribution is -0.120. The molecule has 1 N–H and O–H groups in total. The molecular formula is C15H15NOS. The molecule has 18 heavy (non-hydrogen) atoms. The maximum Gasteiger partial charge on any atom is 0.224 e. The molecule has 0 bridgehead atoms. The van der Waals surface area contributed by atoms with E-state index in [0.717, 1.165) is 12.0 Å². The molecule has 1 aliphatic rings. The van der Waals surface area contributed by atoms with Gasteiger partial charge in [0.2, 0.25) is 5.91 Å². The lowest BCUT2D eigenvalue weighted by Gasteiger charge is -2.04. The maximum absolute atomic E-state index is 11.9. The Kier molecular flexibility index (Phi) is 3.15. The molecule has 2 atom stereocenters. The summed E-state index contributed by atoms with van der Waals surface area (Å²) in [7, 11) is 0. The van der Waals surface area contributed by atoms with Gasteiger partial charge < -0.3 is 5.32 Å². The second-order valence-electron chi connectivity index (χ2n) is 4.69. The first-order chi connectivity index (χ1) is 8.83. The van der Waals surface area contributed by atoms with Gasteiger partial charge in [-0.2, -0.15) is 0 Å². The van der Waals surface area contributed by atoms with Crippen LogP contribution in [0.25, 0.3) is 0 Å². The lowest BCUT2D eigenvalue weighted by atomic mass is 10.1. The fourth-order valence-electron chi connectivity index (χ4n) is 2.21. The van der Waals surface area contributed by atoms with Crippen molar-refractivity contribution in [3.63, 3.8) is 0 Å². The van der Waals surface area contributed by atoms with Crippen molar-refractivity contribution in [2.24, 2.45) is 0 Å². The third kappa shape index (κ3) is 2.62. The number of hydrogen-bond acceptors (Lipinski definition) is 2. The Balaban J connectivity index is 1.51. The lowest BCUT2D eigenvalue weighted by Crippen LogP contribution is -2.28.